The second-order valence-corrected chi connectivity index (χ2v) is 15.9. The topological polar surface area (TPSA) is 55.6 Å². The van der Waals surface area contributed by atoms with Gasteiger partial charge in [-0.15, -0.1) is 0 Å². The highest BCUT2D eigenvalue weighted by molar-refractivity contribution is 6.02. The van der Waals surface area contributed by atoms with Crippen molar-refractivity contribution in [1.29, 1.82) is 0 Å². The van der Waals surface area contributed by atoms with E-state index >= 15 is 0 Å². The van der Waals surface area contributed by atoms with Gasteiger partial charge >= 0.3 is 0 Å². The zero-order chi connectivity index (χ0) is 27.4. The average molecular weight is 506 g/mol. The summed E-state index contributed by atoms with van der Waals surface area (Å²) in [5, 5.41) is 0. The van der Waals surface area contributed by atoms with Crippen molar-refractivity contribution in [2.24, 2.45) is 56.2 Å². The van der Waals surface area contributed by atoms with Crippen LogP contribution < -0.4 is 0 Å². The summed E-state index contributed by atoms with van der Waals surface area (Å²) in [5.41, 5.74) is -0.729. The number of rotatable bonds is 2. The molecule has 0 aromatic heterocycles. The van der Waals surface area contributed by atoms with Crippen LogP contribution in [0.1, 0.15) is 113 Å². The first-order valence-electron chi connectivity index (χ1n) is 14.6. The lowest BCUT2D eigenvalue weighted by atomic mass is 9.31. The molecule has 5 rings (SSSR count). The van der Waals surface area contributed by atoms with Gasteiger partial charge in [0, 0.05) is 24.2 Å². The van der Waals surface area contributed by atoms with Crippen LogP contribution in [0.15, 0.2) is 11.8 Å². The van der Waals surface area contributed by atoms with Crippen LogP contribution in [-0.2, 0) is 14.4 Å². The highest BCUT2D eigenvalue weighted by atomic mass is 16.1. The van der Waals surface area contributed by atoms with Gasteiger partial charge in [0.25, 0.3) is 0 Å². The van der Waals surface area contributed by atoms with Crippen LogP contribution in [0.5, 0.6) is 0 Å². The molecule has 0 unspecified atom stereocenters. The lowest BCUT2D eigenvalue weighted by Gasteiger charge is -2.72. The fourth-order valence-electron chi connectivity index (χ4n) is 11.2. The van der Waals surface area contributed by atoms with Crippen molar-refractivity contribution in [1.82, 2.24) is 0 Å². The van der Waals surface area contributed by atoms with E-state index in [1.165, 1.54) is 0 Å². The predicted molar refractivity (Wildman–Crippen MR) is 145 cm³/mol. The third-order valence-electron chi connectivity index (χ3n) is 13.2. The fraction of sp³-hybridized carbons (Fsp3) is 0.818. The Bertz CT molecular complexity index is 1140. The molecule has 4 nitrogen and oxygen atoms in total. The summed E-state index contributed by atoms with van der Waals surface area (Å²) < 4.78 is 0. The summed E-state index contributed by atoms with van der Waals surface area (Å²) in [6, 6.07) is 0. The maximum atomic E-state index is 14.5. The molecular formula is C33H47NO3. The highest BCUT2D eigenvalue weighted by Gasteiger charge is 2.72. The number of Topliss-reactive ketones (excluding diaryl/α,β-unsaturated/α-hetero) is 3. The van der Waals surface area contributed by atoms with E-state index in [4.69, 9.17) is 6.57 Å². The number of nitrogens with zero attached hydrogens (tertiary/aromatic N) is 1. The van der Waals surface area contributed by atoms with Crippen LogP contribution in [0, 0.1) is 62.7 Å². The van der Waals surface area contributed by atoms with Crippen LogP contribution in [0.3, 0.4) is 0 Å². The van der Waals surface area contributed by atoms with Crippen LogP contribution >= 0.6 is 0 Å². The molecule has 0 saturated heterocycles. The van der Waals surface area contributed by atoms with Gasteiger partial charge in [0.15, 0.2) is 5.78 Å². The monoisotopic (exact) mass is 505 g/mol. The van der Waals surface area contributed by atoms with Crippen molar-refractivity contribution in [2.45, 2.75) is 113 Å². The molecule has 0 N–H and O–H groups in total. The lowest BCUT2D eigenvalue weighted by Crippen LogP contribution is -2.68. The first-order chi connectivity index (χ1) is 17.0. The van der Waals surface area contributed by atoms with E-state index in [2.05, 4.69) is 39.5 Å². The number of ketones is 3. The summed E-state index contributed by atoms with van der Waals surface area (Å²) in [5.74, 6) is 1.12. The van der Waals surface area contributed by atoms with E-state index in [1.54, 1.807) is 6.92 Å². The minimum absolute atomic E-state index is 0.0101. The molecule has 0 heterocycles. The Morgan fingerprint density at radius 3 is 2.22 bits per heavy atom. The van der Waals surface area contributed by atoms with Crippen LogP contribution in [0.25, 0.3) is 4.85 Å². The number of hydrogen-bond donors (Lipinski definition) is 0. The second-order valence-electron chi connectivity index (χ2n) is 15.9. The predicted octanol–water partition coefficient (Wildman–Crippen LogP) is 7.62. The Labute approximate surface area is 224 Å². The van der Waals surface area contributed by atoms with Gasteiger partial charge in [0.05, 0.1) is 6.57 Å². The Hall–Kier alpha value is -1.76. The molecule has 5 aliphatic rings. The quantitative estimate of drug-likeness (QED) is 0.363. The molecule has 0 aromatic rings. The number of allylic oxidation sites excluding steroid dienone is 2. The molecule has 0 bridgehead atoms. The van der Waals surface area contributed by atoms with Gasteiger partial charge in [-0.3, -0.25) is 4.79 Å². The van der Waals surface area contributed by atoms with Crippen molar-refractivity contribution >= 4 is 17.3 Å². The van der Waals surface area contributed by atoms with E-state index in [-0.39, 0.29) is 68.0 Å². The summed E-state index contributed by atoms with van der Waals surface area (Å²) in [6.07, 6.45) is 10.3. The van der Waals surface area contributed by atoms with Crippen molar-refractivity contribution in [3.05, 3.63) is 23.2 Å². The average Bonchev–Trinajstić information content (AvgIpc) is 2.78. The molecule has 0 aliphatic heterocycles. The molecule has 0 aromatic carbocycles. The van der Waals surface area contributed by atoms with Crippen LogP contribution in [-0.4, -0.2) is 17.3 Å². The molecular weight excluding hydrogens is 458 g/mol. The van der Waals surface area contributed by atoms with Crippen molar-refractivity contribution in [3.63, 3.8) is 0 Å². The van der Waals surface area contributed by atoms with Gasteiger partial charge in [0.1, 0.15) is 11.6 Å². The molecule has 5 aliphatic carbocycles. The summed E-state index contributed by atoms with van der Waals surface area (Å²) in [7, 11) is 0. The SMILES string of the molecule is [C-]#[N+]C1=C[C@]2(C)[C@H]3CC(=O)[C@@H]4[C@@H]5CC(C)(C)CC[C@]5(CC(C)=O)CC[C@@]4(C)[C@]3(C)CC[C@H]2C(C)(C)C1=O. The second kappa shape index (κ2) is 7.89. The van der Waals surface area contributed by atoms with Crippen molar-refractivity contribution in [3.8, 4) is 0 Å². The maximum absolute atomic E-state index is 14.5. The Kier molecular flexibility index (Phi) is 5.72. The number of hydrogen-bond acceptors (Lipinski definition) is 3. The number of fused-ring (bicyclic) bond motifs is 7. The van der Waals surface area contributed by atoms with E-state index in [1.807, 2.05) is 19.9 Å². The first kappa shape index (κ1) is 26.8. The minimum Gasteiger partial charge on any atom is -0.307 e. The molecule has 4 heteroatoms. The van der Waals surface area contributed by atoms with Gasteiger partial charge in [-0.2, -0.15) is 0 Å². The number of carbonyl (C=O) groups excluding carboxylic acids is 3. The van der Waals surface area contributed by atoms with Crippen LogP contribution in [0.2, 0.25) is 0 Å². The highest BCUT2D eigenvalue weighted by Crippen LogP contribution is 2.76. The Morgan fingerprint density at radius 2 is 1.59 bits per heavy atom. The van der Waals surface area contributed by atoms with E-state index in [0.717, 1.165) is 44.9 Å². The molecule has 202 valence electrons. The van der Waals surface area contributed by atoms with E-state index < -0.39 is 5.41 Å². The summed E-state index contributed by atoms with van der Waals surface area (Å²) >= 11 is 0. The van der Waals surface area contributed by atoms with Gasteiger partial charge in [-0.1, -0.05) is 54.5 Å². The molecule has 0 amide bonds. The summed E-state index contributed by atoms with van der Waals surface area (Å²) in [6.45, 7) is 25.3. The van der Waals surface area contributed by atoms with E-state index in [9.17, 15) is 14.4 Å². The van der Waals surface area contributed by atoms with Gasteiger partial charge in [0.2, 0.25) is 5.70 Å². The molecule has 0 spiro atoms. The fourth-order valence-corrected chi connectivity index (χ4v) is 11.2. The van der Waals surface area contributed by atoms with E-state index in [0.29, 0.717) is 18.6 Å². The Balaban J connectivity index is 1.63. The zero-order valence-electron chi connectivity index (χ0n) is 24.4. The third kappa shape index (κ3) is 3.40. The first-order valence-corrected chi connectivity index (χ1v) is 14.6. The largest absolute Gasteiger partial charge is 0.307 e. The van der Waals surface area contributed by atoms with Gasteiger partial charge in [-0.25, -0.2) is 4.85 Å². The minimum atomic E-state index is -0.595. The van der Waals surface area contributed by atoms with Gasteiger partial charge < -0.3 is 9.59 Å². The molecule has 0 radical (unpaired) electrons. The Morgan fingerprint density at radius 1 is 0.946 bits per heavy atom. The van der Waals surface area contributed by atoms with Crippen LogP contribution in [0.4, 0.5) is 0 Å². The van der Waals surface area contributed by atoms with Gasteiger partial charge in [-0.05, 0) is 96.7 Å². The third-order valence-corrected chi connectivity index (χ3v) is 13.2. The van der Waals surface area contributed by atoms with Crippen molar-refractivity contribution in [2.75, 3.05) is 0 Å². The molecule has 4 saturated carbocycles. The molecule has 8 atom stereocenters. The zero-order valence-corrected chi connectivity index (χ0v) is 24.4. The smallest absolute Gasteiger partial charge is 0.226 e. The maximum Gasteiger partial charge on any atom is 0.226 e. The number of carbonyl (C=O) groups is 3. The van der Waals surface area contributed by atoms with Crippen molar-refractivity contribution < 1.29 is 14.4 Å². The molecule has 4 fully saturated rings. The normalized spacial score (nSPS) is 47.9. The summed E-state index contributed by atoms with van der Waals surface area (Å²) in [4.78, 5) is 43.9. The standard InChI is InChI=1S/C33H47NO3/c1-20(35)17-33-14-12-28(2,3)18-21(33)26-23(36)16-25-30(6)19-22(34-9)27(37)29(4,5)24(30)10-11-31(25,7)32(26,8)13-15-33/h19,21,24-26H,10-18H2,1-8H3/t21-,24-,25+,26-,30-,31+,32+,33+/m0/s1. The molecule has 37 heavy (non-hydrogen) atoms. The lowest BCUT2D eigenvalue weighted by molar-refractivity contribution is -0.223.